The lowest BCUT2D eigenvalue weighted by Crippen LogP contribution is -1.96. The van der Waals surface area contributed by atoms with E-state index in [4.69, 9.17) is 23.2 Å². The van der Waals surface area contributed by atoms with E-state index in [0.29, 0.717) is 6.29 Å². The Morgan fingerprint density at radius 2 is 1.82 bits per heavy atom. The van der Waals surface area contributed by atoms with Crippen LogP contribution in [0.3, 0.4) is 0 Å². The van der Waals surface area contributed by atoms with Gasteiger partial charge in [0.2, 0.25) is 0 Å². The van der Waals surface area contributed by atoms with Gasteiger partial charge < -0.3 is 0 Å². The van der Waals surface area contributed by atoms with Crippen LogP contribution in [-0.2, 0) is 0 Å². The fourth-order valence-electron chi connectivity index (χ4n) is 1.45. The summed E-state index contributed by atoms with van der Waals surface area (Å²) in [5.74, 6) is -0.725. The van der Waals surface area contributed by atoms with Crippen molar-refractivity contribution in [2.75, 3.05) is 0 Å². The van der Waals surface area contributed by atoms with Crippen molar-refractivity contribution < 1.29 is 9.18 Å². The molecule has 0 aliphatic heterocycles. The molecule has 0 saturated heterocycles. The van der Waals surface area contributed by atoms with Gasteiger partial charge in [-0.25, -0.2) is 4.39 Å². The maximum absolute atomic E-state index is 13.9. The minimum absolute atomic E-state index is 0.0230. The lowest BCUT2D eigenvalue weighted by atomic mass is 10.1. The third-order valence-corrected chi connectivity index (χ3v) is 2.88. The van der Waals surface area contributed by atoms with Crippen LogP contribution >= 0.6 is 23.2 Å². The highest BCUT2D eigenvalue weighted by atomic mass is 35.5. The molecule has 86 valence electrons. The second-order valence-corrected chi connectivity index (χ2v) is 4.09. The Labute approximate surface area is 107 Å². The molecule has 0 amide bonds. The molecule has 1 aromatic carbocycles. The van der Waals surface area contributed by atoms with E-state index in [1.807, 2.05) is 0 Å². The van der Waals surface area contributed by atoms with Gasteiger partial charge in [-0.1, -0.05) is 29.3 Å². The Morgan fingerprint density at radius 1 is 1.18 bits per heavy atom. The maximum atomic E-state index is 13.9. The molecule has 2 aromatic rings. The van der Waals surface area contributed by atoms with E-state index in [9.17, 15) is 9.18 Å². The van der Waals surface area contributed by atoms with Gasteiger partial charge in [0.1, 0.15) is 5.69 Å². The molecule has 0 unspecified atom stereocenters. The van der Waals surface area contributed by atoms with Gasteiger partial charge in [-0.3, -0.25) is 9.78 Å². The standard InChI is InChI=1S/C12H6Cl2FNO/c13-8-2-1-3-9(14)10(8)12-11(15)7(6-17)4-5-16-12/h1-6H. The normalized spacial score (nSPS) is 10.3. The molecule has 5 heteroatoms. The van der Waals surface area contributed by atoms with Crippen molar-refractivity contribution in [3.63, 3.8) is 0 Å². The molecule has 2 nitrogen and oxygen atoms in total. The topological polar surface area (TPSA) is 30.0 Å². The first-order valence-electron chi connectivity index (χ1n) is 4.69. The van der Waals surface area contributed by atoms with E-state index >= 15 is 0 Å². The first kappa shape index (κ1) is 12.0. The van der Waals surface area contributed by atoms with Gasteiger partial charge in [0, 0.05) is 11.8 Å². The molecule has 0 bridgehead atoms. The molecule has 0 saturated carbocycles. The summed E-state index contributed by atoms with van der Waals surface area (Å²) in [7, 11) is 0. The Hall–Kier alpha value is -1.45. The molecule has 0 fully saturated rings. The minimum Gasteiger partial charge on any atom is -0.298 e. The molecule has 1 heterocycles. The molecule has 1 aromatic heterocycles. The Kier molecular flexibility index (Phi) is 3.41. The van der Waals surface area contributed by atoms with Crippen molar-refractivity contribution in [2.45, 2.75) is 0 Å². The number of pyridine rings is 1. The lowest BCUT2D eigenvalue weighted by Gasteiger charge is -2.07. The minimum atomic E-state index is -0.725. The number of carbonyl (C=O) groups excluding carboxylic acids is 1. The summed E-state index contributed by atoms with van der Waals surface area (Å²) >= 11 is 11.9. The zero-order chi connectivity index (χ0) is 12.4. The fraction of sp³-hybridized carbons (Fsp3) is 0. The maximum Gasteiger partial charge on any atom is 0.160 e. The average molecular weight is 270 g/mol. The van der Waals surface area contributed by atoms with E-state index in [0.717, 1.165) is 0 Å². The number of nitrogens with zero attached hydrogens (tertiary/aromatic N) is 1. The average Bonchev–Trinajstić information content (AvgIpc) is 2.31. The van der Waals surface area contributed by atoms with E-state index in [2.05, 4.69) is 4.98 Å². The van der Waals surface area contributed by atoms with Gasteiger partial charge in [-0.15, -0.1) is 0 Å². The fourth-order valence-corrected chi connectivity index (χ4v) is 2.02. The van der Waals surface area contributed by atoms with Gasteiger partial charge in [-0.05, 0) is 18.2 Å². The van der Waals surface area contributed by atoms with Crippen molar-refractivity contribution in [3.05, 3.63) is 51.9 Å². The summed E-state index contributed by atoms with van der Waals surface area (Å²) in [6, 6.07) is 6.10. The molecule has 0 N–H and O–H groups in total. The number of halogens is 3. The highest BCUT2D eigenvalue weighted by Gasteiger charge is 2.16. The Morgan fingerprint density at radius 3 is 2.41 bits per heavy atom. The number of carbonyl (C=O) groups is 1. The molecular weight excluding hydrogens is 264 g/mol. The van der Waals surface area contributed by atoms with Gasteiger partial charge in [0.15, 0.2) is 12.1 Å². The third kappa shape index (κ3) is 2.16. The first-order chi connectivity index (χ1) is 8.15. The number of hydrogen-bond acceptors (Lipinski definition) is 2. The summed E-state index contributed by atoms with van der Waals surface area (Å²) in [6.45, 7) is 0. The number of hydrogen-bond donors (Lipinski definition) is 0. The zero-order valence-corrected chi connectivity index (χ0v) is 9.97. The Bertz CT molecular complexity index is 566. The van der Waals surface area contributed by atoms with E-state index in [1.54, 1.807) is 18.2 Å². The van der Waals surface area contributed by atoms with Crippen molar-refractivity contribution in [2.24, 2.45) is 0 Å². The van der Waals surface area contributed by atoms with Crippen molar-refractivity contribution in [1.82, 2.24) is 4.98 Å². The van der Waals surface area contributed by atoms with Crippen LogP contribution in [0.5, 0.6) is 0 Å². The SMILES string of the molecule is O=Cc1ccnc(-c2c(Cl)cccc2Cl)c1F. The van der Waals surface area contributed by atoms with Crippen LogP contribution in [0, 0.1) is 5.82 Å². The monoisotopic (exact) mass is 269 g/mol. The highest BCUT2D eigenvalue weighted by molar-refractivity contribution is 6.39. The summed E-state index contributed by atoms with van der Waals surface area (Å²) in [4.78, 5) is 14.5. The number of benzene rings is 1. The van der Waals surface area contributed by atoms with Gasteiger partial charge in [-0.2, -0.15) is 0 Å². The number of aldehydes is 1. The van der Waals surface area contributed by atoms with E-state index in [-0.39, 0.29) is 26.9 Å². The molecule has 0 atom stereocenters. The van der Waals surface area contributed by atoms with Gasteiger partial charge >= 0.3 is 0 Å². The van der Waals surface area contributed by atoms with Crippen LogP contribution in [0.15, 0.2) is 30.5 Å². The van der Waals surface area contributed by atoms with Crippen LogP contribution in [0.1, 0.15) is 10.4 Å². The second kappa shape index (κ2) is 4.82. The molecular formula is C12H6Cl2FNO. The second-order valence-electron chi connectivity index (χ2n) is 3.28. The smallest absolute Gasteiger partial charge is 0.160 e. The molecule has 2 rings (SSSR count). The van der Waals surface area contributed by atoms with Crippen LogP contribution in [0.2, 0.25) is 10.0 Å². The predicted octanol–water partition coefficient (Wildman–Crippen LogP) is 4.01. The predicted molar refractivity (Wildman–Crippen MR) is 65.0 cm³/mol. The first-order valence-corrected chi connectivity index (χ1v) is 5.45. The summed E-state index contributed by atoms with van der Waals surface area (Å²) < 4.78 is 13.9. The number of aromatic nitrogens is 1. The van der Waals surface area contributed by atoms with Crippen LogP contribution in [0.25, 0.3) is 11.3 Å². The quantitative estimate of drug-likeness (QED) is 0.772. The van der Waals surface area contributed by atoms with Crippen LogP contribution < -0.4 is 0 Å². The largest absolute Gasteiger partial charge is 0.298 e. The van der Waals surface area contributed by atoms with Gasteiger partial charge in [0.25, 0.3) is 0 Å². The van der Waals surface area contributed by atoms with E-state index in [1.165, 1.54) is 12.3 Å². The van der Waals surface area contributed by atoms with Crippen molar-refractivity contribution >= 4 is 29.5 Å². The molecule has 0 radical (unpaired) electrons. The molecule has 0 aliphatic carbocycles. The summed E-state index contributed by atoms with van der Waals surface area (Å²) in [5, 5.41) is 0.568. The van der Waals surface area contributed by atoms with E-state index < -0.39 is 5.82 Å². The molecule has 17 heavy (non-hydrogen) atoms. The molecule has 0 spiro atoms. The Balaban J connectivity index is 2.73. The van der Waals surface area contributed by atoms with Gasteiger partial charge in [0.05, 0.1) is 15.6 Å². The van der Waals surface area contributed by atoms with Crippen LogP contribution in [0.4, 0.5) is 4.39 Å². The highest BCUT2D eigenvalue weighted by Crippen LogP contribution is 2.35. The molecule has 0 aliphatic rings. The lowest BCUT2D eigenvalue weighted by molar-refractivity contribution is 0.111. The summed E-state index contributed by atoms with van der Waals surface area (Å²) in [6.07, 6.45) is 1.76. The van der Waals surface area contributed by atoms with Crippen molar-refractivity contribution in [3.8, 4) is 11.3 Å². The van der Waals surface area contributed by atoms with Crippen molar-refractivity contribution in [1.29, 1.82) is 0 Å². The summed E-state index contributed by atoms with van der Waals surface area (Å²) in [5.41, 5.74) is 0.188. The van der Waals surface area contributed by atoms with Crippen LogP contribution in [-0.4, -0.2) is 11.3 Å². The number of rotatable bonds is 2. The third-order valence-electron chi connectivity index (χ3n) is 2.25. The zero-order valence-electron chi connectivity index (χ0n) is 8.45.